The van der Waals surface area contributed by atoms with E-state index in [-0.39, 0.29) is 10.6 Å². The van der Waals surface area contributed by atoms with E-state index in [2.05, 4.69) is 0 Å². The second-order valence-corrected chi connectivity index (χ2v) is 3.94. The Morgan fingerprint density at radius 2 is 2.00 bits per heavy atom. The molecule has 0 saturated heterocycles. The maximum atomic E-state index is 12.4. The van der Waals surface area contributed by atoms with Crippen LogP contribution in [0, 0.1) is 0 Å². The Morgan fingerprint density at radius 1 is 1.25 bits per heavy atom. The fourth-order valence-corrected chi connectivity index (χ4v) is 1.87. The van der Waals surface area contributed by atoms with E-state index >= 15 is 0 Å². The Kier molecular flexibility index (Phi) is 2.59. The summed E-state index contributed by atoms with van der Waals surface area (Å²) < 4.78 is 38.5. The summed E-state index contributed by atoms with van der Waals surface area (Å²) in [4.78, 5) is 11.0. The molecule has 2 aromatic rings. The first-order valence-electron chi connectivity index (χ1n) is 4.32. The molecule has 6 heteroatoms. The number of aromatic nitrogens is 1. The summed E-state index contributed by atoms with van der Waals surface area (Å²) in [5.74, 6) is 0. The molecule has 0 aliphatic rings. The van der Waals surface area contributed by atoms with Crippen molar-refractivity contribution in [2.75, 3.05) is 0 Å². The van der Waals surface area contributed by atoms with Crippen LogP contribution in [0.4, 0.5) is 13.2 Å². The van der Waals surface area contributed by atoms with Crippen molar-refractivity contribution in [1.29, 1.82) is 0 Å². The van der Waals surface area contributed by atoms with Crippen LogP contribution in [0.1, 0.15) is 5.56 Å². The summed E-state index contributed by atoms with van der Waals surface area (Å²) in [6.45, 7) is 0. The van der Waals surface area contributed by atoms with Gasteiger partial charge in [0.05, 0.1) is 11.3 Å². The molecular formula is C10H6F3NOS. The van der Waals surface area contributed by atoms with Crippen molar-refractivity contribution in [2.24, 2.45) is 0 Å². The van der Waals surface area contributed by atoms with Gasteiger partial charge in [0.1, 0.15) is 0 Å². The van der Waals surface area contributed by atoms with Gasteiger partial charge in [-0.2, -0.15) is 13.2 Å². The molecule has 0 spiro atoms. The average Bonchev–Trinajstić information content (AvgIpc) is 2.63. The van der Waals surface area contributed by atoms with Gasteiger partial charge in [-0.25, -0.2) is 0 Å². The van der Waals surface area contributed by atoms with Gasteiger partial charge in [-0.15, -0.1) is 0 Å². The predicted molar refractivity (Wildman–Crippen MR) is 54.9 cm³/mol. The summed E-state index contributed by atoms with van der Waals surface area (Å²) in [6, 6.07) is 4.67. The molecule has 0 unspecified atom stereocenters. The van der Waals surface area contributed by atoms with Crippen LogP contribution in [0.2, 0.25) is 0 Å². The first-order valence-corrected chi connectivity index (χ1v) is 5.20. The monoisotopic (exact) mass is 245 g/mol. The number of alkyl halides is 3. The number of hydrogen-bond acceptors (Lipinski definition) is 2. The standard InChI is InChI=1S/C10H6F3NOS/c11-10(12,13)7-2-1-3-8(6-7)14-4-5-16-9(14)15/h1-6H. The van der Waals surface area contributed by atoms with Gasteiger partial charge in [0.2, 0.25) is 0 Å². The van der Waals surface area contributed by atoms with Gasteiger partial charge in [0, 0.05) is 11.6 Å². The molecule has 1 heterocycles. The van der Waals surface area contributed by atoms with E-state index in [1.165, 1.54) is 28.3 Å². The van der Waals surface area contributed by atoms with Crippen LogP contribution in [0.15, 0.2) is 40.6 Å². The van der Waals surface area contributed by atoms with Gasteiger partial charge in [0.15, 0.2) is 0 Å². The van der Waals surface area contributed by atoms with Gasteiger partial charge >= 0.3 is 11.0 Å². The van der Waals surface area contributed by atoms with Gasteiger partial charge in [-0.05, 0) is 18.2 Å². The molecule has 0 atom stereocenters. The molecule has 84 valence electrons. The lowest BCUT2D eigenvalue weighted by atomic mass is 10.2. The van der Waals surface area contributed by atoms with E-state index in [0.29, 0.717) is 0 Å². The third kappa shape index (κ3) is 2.01. The fraction of sp³-hybridized carbons (Fsp3) is 0.100. The number of hydrogen-bond donors (Lipinski definition) is 0. The molecule has 2 rings (SSSR count). The number of nitrogens with zero attached hydrogens (tertiary/aromatic N) is 1. The van der Waals surface area contributed by atoms with E-state index in [9.17, 15) is 18.0 Å². The van der Waals surface area contributed by atoms with Crippen molar-refractivity contribution < 1.29 is 13.2 Å². The molecule has 0 N–H and O–H groups in total. The molecule has 2 nitrogen and oxygen atoms in total. The molecule has 0 saturated carbocycles. The largest absolute Gasteiger partial charge is 0.416 e. The molecule has 0 amide bonds. The first kappa shape index (κ1) is 10.9. The smallest absolute Gasteiger partial charge is 0.275 e. The number of benzene rings is 1. The van der Waals surface area contributed by atoms with Crippen molar-refractivity contribution in [3.8, 4) is 5.69 Å². The third-order valence-corrected chi connectivity index (χ3v) is 2.68. The lowest BCUT2D eigenvalue weighted by molar-refractivity contribution is -0.137. The topological polar surface area (TPSA) is 22.0 Å². The zero-order chi connectivity index (χ0) is 11.8. The van der Waals surface area contributed by atoms with Crippen LogP contribution < -0.4 is 4.87 Å². The Balaban J connectivity index is 2.53. The van der Waals surface area contributed by atoms with Crippen LogP contribution in [-0.4, -0.2) is 4.57 Å². The highest BCUT2D eigenvalue weighted by atomic mass is 32.1. The summed E-state index contributed by atoms with van der Waals surface area (Å²) in [6.07, 6.45) is -2.95. The lowest BCUT2D eigenvalue weighted by Gasteiger charge is -2.08. The van der Waals surface area contributed by atoms with Crippen LogP contribution in [0.5, 0.6) is 0 Å². The molecule has 0 radical (unpaired) electrons. The Hall–Kier alpha value is -1.56. The molecule has 1 aromatic carbocycles. The molecule has 0 aliphatic heterocycles. The first-order chi connectivity index (χ1) is 7.48. The summed E-state index contributed by atoms with van der Waals surface area (Å²) in [5, 5.41) is 1.53. The van der Waals surface area contributed by atoms with Gasteiger partial charge in [0.25, 0.3) is 0 Å². The average molecular weight is 245 g/mol. The molecule has 0 aliphatic carbocycles. The maximum absolute atomic E-state index is 12.4. The summed E-state index contributed by atoms with van der Waals surface area (Å²) in [5.41, 5.74) is -0.538. The third-order valence-electron chi connectivity index (χ3n) is 2.03. The van der Waals surface area contributed by atoms with Gasteiger partial charge < -0.3 is 0 Å². The van der Waals surface area contributed by atoms with E-state index in [1.54, 1.807) is 0 Å². The van der Waals surface area contributed by atoms with Gasteiger partial charge in [-0.3, -0.25) is 9.36 Å². The van der Waals surface area contributed by atoms with E-state index in [1.807, 2.05) is 0 Å². The van der Waals surface area contributed by atoms with Crippen molar-refractivity contribution in [1.82, 2.24) is 4.57 Å². The molecule has 16 heavy (non-hydrogen) atoms. The predicted octanol–water partition coefficient (Wildman–Crippen LogP) is 2.92. The highest BCUT2D eigenvalue weighted by Crippen LogP contribution is 2.30. The lowest BCUT2D eigenvalue weighted by Crippen LogP contribution is -2.11. The van der Waals surface area contributed by atoms with Crippen molar-refractivity contribution in [3.63, 3.8) is 0 Å². The van der Waals surface area contributed by atoms with Crippen molar-refractivity contribution in [3.05, 3.63) is 51.1 Å². The molecule has 1 aromatic heterocycles. The van der Waals surface area contributed by atoms with E-state index < -0.39 is 11.7 Å². The molecule has 0 fully saturated rings. The fourth-order valence-electron chi connectivity index (χ4n) is 1.29. The van der Waals surface area contributed by atoms with E-state index in [4.69, 9.17) is 0 Å². The van der Waals surface area contributed by atoms with Crippen LogP contribution >= 0.6 is 11.3 Å². The number of thiazole rings is 1. The minimum Gasteiger partial charge on any atom is -0.275 e. The second kappa shape index (κ2) is 3.79. The Bertz CT molecular complexity index is 555. The highest BCUT2D eigenvalue weighted by molar-refractivity contribution is 7.07. The minimum atomic E-state index is -4.39. The van der Waals surface area contributed by atoms with Crippen molar-refractivity contribution in [2.45, 2.75) is 6.18 Å². The molecular weight excluding hydrogens is 239 g/mol. The SMILES string of the molecule is O=c1sccn1-c1cccc(C(F)(F)F)c1. The van der Waals surface area contributed by atoms with Crippen molar-refractivity contribution >= 4 is 11.3 Å². The van der Waals surface area contributed by atoms with Crippen LogP contribution in [0.3, 0.4) is 0 Å². The maximum Gasteiger partial charge on any atom is 0.416 e. The summed E-state index contributed by atoms with van der Waals surface area (Å²) in [7, 11) is 0. The number of rotatable bonds is 1. The minimum absolute atomic E-state index is 0.223. The van der Waals surface area contributed by atoms with Gasteiger partial charge in [-0.1, -0.05) is 17.4 Å². The normalized spacial score (nSPS) is 11.7. The zero-order valence-corrected chi connectivity index (χ0v) is 8.68. The second-order valence-electron chi connectivity index (χ2n) is 3.09. The summed E-state index contributed by atoms with van der Waals surface area (Å²) >= 11 is 0.939. The number of halogens is 3. The van der Waals surface area contributed by atoms with E-state index in [0.717, 1.165) is 23.5 Å². The quantitative estimate of drug-likeness (QED) is 0.757. The van der Waals surface area contributed by atoms with Crippen LogP contribution in [0.25, 0.3) is 5.69 Å². The Morgan fingerprint density at radius 3 is 2.56 bits per heavy atom. The molecule has 0 bridgehead atoms. The zero-order valence-electron chi connectivity index (χ0n) is 7.86. The highest BCUT2D eigenvalue weighted by Gasteiger charge is 2.30. The van der Waals surface area contributed by atoms with Crippen LogP contribution in [-0.2, 0) is 6.18 Å². The Labute approximate surface area is 92.6 Å².